The van der Waals surface area contributed by atoms with Gasteiger partial charge in [0.1, 0.15) is 5.82 Å². The molecule has 0 radical (unpaired) electrons. The Kier molecular flexibility index (Phi) is 4.85. The number of oxime groups is 1. The molecule has 0 bridgehead atoms. The van der Waals surface area contributed by atoms with Gasteiger partial charge < -0.3 is 15.8 Å². The van der Waals surface area contributed by atoms with Crippen molar-refractivity contribution in [3.05, 3.63) is 43.6 Å². The predicted molar refractivity (Wildman–Crippen MR) is 85.9 cm³/mol. The molecule has 106 valence electrons. The molecule has 20 heavy (non-hydrogen) atoms. The van der Waals surface area contributed by atoms with Crippen LogP contribution >= 0.6 is 38.9 Å². The Hall–Kier alpha value is -1.31. The summed E-state index contributed by atoms with van der Waals surface area (Å²) in [7, 11) is 1.88. The van der Waals surface area contributed by atoms with Crippen molar-refractivity contribution in [2.75, 3.05) is 11.9 Å². The van der Waals surface area contributed by atoms with Crippen LogP contribution in [0.15, 0.2) is 32.7 Å². The predicted octanol–water partition coefficient (Wildman–Crippen LogP) is 3.29. The second kappa shape index (κ2) is 6.43. The molecule has 5 nitrogen and oxygen atoms in total. The lowest BCUT2D eigenvalue weighted by molar-refractivity contribution is 0.318. The van der Waals surface area contributed by atoms with Crippen LogP contribution in [0.5, 0.6) is 0 Å². The molecule has 0 saturated heterocycles. The van der Waals surface area contributed by atoms with Gasteiger partial charge in [0.15, 0.2) is 5.84 Å². The van der Waals surface area contributed by atoms with E-state index in [4.69, 9.17) is 22.5 Å². The van der Waals surface area contributed by atoms with Crippen molar-refractivity contribution in [2.45, 2.75) is 6.54 Å². The minimum Gasteiger partial charge on any atom is -0.409 e. The average molecular weight is 376 g/mol. The van der Waals surface area contributed by atoms with Gasteiger partial charge in [-0.1, -0.05) is 16.8 Å². The molecule has 0 saturated carbocycles. The molecule has 0 unspecified atom stereocenters. The van der Waals surface area contributed by atoms with Crippen molar-refractivity contribution < 1.29 is 5.21 Å². The van der Waals surface area contributed by atoms with E-state index in [0.717, 1.165) is 9.35 Å². The third kappa shape index (κ3) is 3.23. The van der Waals surface area contributed by atoms with Crippen LogP contribution in [-0.4, -0.2) is 23.1 Å². The fraction of sp³-hybridized carbons (Fsp3) is 0.167. The largest absolute Gasteiger partial charge is 0.409 e. The highest BCUT2D eigenvalue weighted by molar-refractivity contribution is 9.11. The Bertz CT molecular complexity index is 646. The highest BCUT2D eigenvalue weighted by Crippen LogP contribution is 2.28. The Balaban J connectivity index is 2.28. The number of pyridine rings is 1. The van der Waals surface area contributed by atoms with Gasteiger partial charge in [0.25, 0.3) is 0 Å². The summed E-state index contributed by atoms with van der Waals surface area (Å²) in [5, 5.41) is 14.1. The van der Waals surface area contributed by atoms with E-state index in [1.165, 1.54) is 0 Å². The number of anilines is 1. The summed E-state index contributed by atoms with van der Waals surface area (Å²) < 4.78 is 1.07. The maximum absolute atomic E-state index is 8.75. The van der Waals surface area contributed by atoms with E-state index in [1.807, 2.05) is 18.0 Å². The molecule has 0 fully saturated rings. The van der Waals surface area contributed by atoms with Crippen molar-refractivity contribution in [2.24, 2.45) is 10.9 Å². The SMILES string of the molecule is CN(Cc1csc(Br)c1)c1nccc(/C(N)=N/O)c1Cl. The molecule has 2 heterocycles. The first-order chi connectivity index (χ1) is 9.52. The van der Waals surface area contributed by atoms with Gasteiger partial charge in [-0.15, -0.1) is 11.3 Å². The number of nitrogens with zero attached hydrogens (tertiary/aromatic N) is 3. The summed E-state index contributed by atoms with van der Waals surface area (Å²) in [5.41, 5.74) is 7.19. The fourth-order valence-electron chi connectivity index (χ4n) is 1.73. The standard InChI is InChI=1S/C12H12BrClN4OS/c1-18(5-7-4-9(13)20-6-7)12-10(14)8(2-3-16-12)11(15)17-19/h2-4,6,19H,5H2,1H3,(H2,15,17). The van der Waals surface area contributed by atoms with Crippen molar-refractivity contribution >= 4 is 50.5 Å². The summed E-state index contributed by atoms with van der Waals surface area (Å²) in [6, 6.07) is 3.65. The normalized spacial score (nSPS) is 11.7. The van der Waals surface area contributed by atoms with E-state index in [-0.39, 0.29) is 5.84 Å². The van der Waals surface area contributed by atoms with E-state index >= 15 is 0 Å². The number of rotatable bonds is 4. The summed E-state index contributed by atoms with van der Waals surface area (Å²) in [5.74, 6) is 0.545. The lowest BCUT2D eigenvalue weighted by atomic mass is 10.2. The highest BCUT2D eigenvalue weighted by atomic mass is 79.9. The zero-order valence-corrected chi connectivity index (χ0v) is 13.7. The summed E-state index contributed by atoms with van der Waals surface area (Å²) in [6.45, 7) is 0.661. The number of amidine groups is 1. The van der Waals surface area contributed by atoms with Crippen LogP contribution in [0, 0.1) is 0 Å². The van der Waals surface area contributed by atoms with Crippen LogP contribution in [0.4, 0.5) is 5.82 Å². The Morgan fingerprint density at radius 1 is 1.65 bits per heavy atom. The third-order valence-electron chi connectivity index (χ3n) is 2.66. The van der Waals surface area contributed by atoms with Crippen LogP contribution in [0.1, 0.15) is 11.1 Å². The maximum Gasteiger partial charge on any atom is 0.171 e. The minimum atomic E-state index is -0.0367. The third-order valence-corrected chi connectivity index (χ3v) is 4.58. The van der Waals surface area contributed by atoms with Crippen LogP contribution in [0.25, 0.3) is 0 Å². The molecule has 0 aliphatic rings. The van der Waals surface area contributed by atoms with Crippen LogP contribution in [0.3, 0.4) is 0 Å². The summed E-state index contributed by atoms with van der Waals surface area (Å²) >= 11 is 11.3. The van der Waals surface area contributed by atoms with Crippen LogP contribution in [0.2, 0.25) is 5.02 Å². The second-order valence-electron chi connectivity index (χ2n) is 4.10. The van der Waals surface area contributed by atoms with Crippen molar-refractivity contribution in [1.82, 2.24) is 4.98 Å². The molecule has 0 spiro atoms. The van der Waals surface area contributed by atoms with Gasteiger partial charge in [-0.3, -0.25) is 0 Å². The number of halogens is 2. The molecule has 0 amide bonds. The van der Waals surface area contributed by atoms with E-state index in [0.29, 0.717) is 22.9 Å². The van der Waals surface area contributed by atoms with E-state index in [9.17, 15) is 0 Å². The lowest BCUT2D eigenvalue weighted by Crippen LogP contribution is -2.20. The maximum atomic E-state index is 8.75. The topological polar surface area (TPSA) is 74.7 Å². The van der Waals surface area contributed by atoms with Gasteiger partial charge in [-0.05, 0) is 39.0 Å². The number of nitrogens with two attached hydrogens (primary N) is 1. The zero-order chi connectivity index (χ0) is 14.7. The van der Waals surface area contributed by atoms with E-state index < -0.39 is 0 Å². The second-order valence-corrected chi connectivity index (χ2v) is 6.76. The molecular formula is C12H12BrClN4OS. The first-order valence-electron chi connectivity index (χ1n) is 5.59. The molecular weight excluding hydrogens is 364 g/mol. The van der Waals surface area contributed by atoms with Gasteiger partial charge in [-0.25, -0.2) is 4.98 Å². The van der Waals surface area contributed by atoms with E-state index in [2.05, 4.69) is 31.4 Å². The molecule has 0 aromatic carbocycles. The highest BCUT2D eigenvalue weighted by Gasteiger charge is 2.15. The first kappa shape index (κ1) is 15.1. The van der Waals surface area contributed by atoms with Crippen LogP contribution in [-0.2, 0) is 6.54 Å². The Labute approximate surface area is 133 Å². The fourth-order valence-corrected chi connectivity index (χ4v) is 3.28. The number of hydrogen-bond acceptors (Lipinski definition) is 5. The summed E-state index contributed by atoms with van der Waals surface area (Å²) in [6.07, 6.45) is 1.58. The number of hydrogen-bond donors (Lipinski definition) is 2. The van der Waals surface area contributed by atoms with E-state index in [1.54, 1.807) is 23.6 Å². The monoisotopic (exact) mass is 374 g/mol. The van der Waals surface area contributed by atoms with Gasteiger partial charge in [0.2, 0.25) is 0 Å². The lowest BCUT2D eigenvalue weighted by Gasteiger charge is -2.19. The molecule has 2 rings (SSSR count). The molecule has 8 heteroatoms. The Morgan fingerprint density at radius 3 is 3.00 bits per heavy atom. The Morgan fingerprint density at radius 2 is 2.40 bits per heavy atom. The average Bonchev–Trinajstić information content (AvgIpc) is 2.83. The molecule has 0 aliphatic heterocycles. The molecule has 2 aromatic rings. The minimum absolute atomic E-state index is 0.0367. The first-order valence-corrected chi connectivity index (χ1v) is 7.64. The quantitative estimate of drug-likeness (QED) is 0.372. The molecule has 2 aromatic heterocycles. The van der Waals surface area contributed by atoms with Crippen molar-refractivity contribution in [3.63, 3.8) is 0 Å². The molecule has 3 N–H and O–H groups in total. The number of thiophene rings is 1. The summed E-state index contributed by atoms with van der Waals surface area (Å²) in [4.78, 5) is 6.16. The van der Waals surface area contributed by atoms with Gasteiger partial charge in [0.05, 0.1) is 8.81 Å². The number of aromatic nitrogens is 1. The zero-order valence-electron chi connectivity index (χ0n) is 10.5. The van der Waals surface area contributed by atoms with Gasteiger partial charge in [-0.2, -0.15) is 0 Å². The van der Waals surface area contributed by atoms with Gasteiger partial charge >= 0.3 is 0 Å². The van der Waals surface area contributed by atoms with Crippen LogP contribution < -0.4 is 10.6 Å². The van der Waals surface area contributed by atoms with Crippen molar-refractivity contribution in [3.8, 4) is 0 Å². The molecule has 0 atom stereocenters. The molecule has 0 aliphatic carbocycles. The smallest absolute Gasteiger partial charge is 0.171 e. The van der Waals surface area contributed by atoms with Crippen molar-refractivity contribution in [1.29, 1.82) is 0 Å². The van der Waals surface area contributed by atoms with Gasteiger partial charge in [0, 0.05) is 25.4 Å².